The maximum absolute atomic E-state index is 11.7. The summed E-state index contributed by atoms with van der Waals surface area (Å²) in [5.41, 5.74) is 3.49. The van der Waals surface area contributed by atoms with Crippen LogP contribution in [0.4, 0.5) is 5.69 Å². The summed E-state index contributed by atoms with van der Waals surface area (Å²) < 4.78 is 14.1. The summed E-state index contributed by atoms with van der Waals surface area (Å²) in [4.78, 5) is 27.9. The van der Waals surface area contributed by atoms with E-state index in [0.717, 1.165) is 21.8 Å². The average molecular weight is 518 g/mol. The molecule has 0 unspecified atom stereocenters. The Hall–Kier alpha value is -4.40. The van der Waals surface area contributed by atoms with Gasteiger partial charge >= 0.3 is 5.97 Å². The van der Waals surface area contributed by atoms with Crippen molar-refractivity contribution < 1.29 is 24.0 Å². The number of aromatic nitrogens is 1. The van der Waals surface area contributed by atoms with E-state index in [4.69, 9.17) is 14.3 Å². The van der Waals surface area contributed by atoms with Crippen molar-refractivity contribution in [2.75, 3.05) is 0 Å². The van der Waals surface area contributed by atoms with Gasteiger partial charge in [0.2, 0.25) is 0 Å². The minimum Gasteiger partial charge on any atom is -0.491 e. The van der Waals surface area contributed by atoms with E-state index < -0.39 is 10.9 Å². The third kappa shape index (κ3) is 5.46. The van der Waals surface area contributed by atoms with E-state index in [1.54, 1.807) is 18.2 Å². The molecule has 38 heavy (non-hydrogen) atoms. The van der Waals surface area contributed by atoms with Crippen LogP contribution in [-0.2, 0) is 16.2 Å². The van der Waals surface area contributed by atoms with Gasteiger partial charge in [-0.1, -0.05) is 11.2 Å². The maximum atomic E-state index is 11.7. The van der Waals surface area contributed by atoms with Gasteiger partial charge in [-0.25, -0.2) is 4.79 Å². The zero-order valence-corrected chi connectivity index (χ0v) is 22.3. The second-order valence-corrected chi connectivity index (χ2v) is 9.45. The second kappa shape index (κ2) is 10.9. The molecule has 9 nitrogen and oxygen atoms in total. The van der Waals surface area contributed by atoms with Crippen molar-refractivity contribution in [2.45, 2.75) is 60.3 Å². The molecule has 0 aliphatic heterocycles. The highest BCUT2D eigenvalue weighted by molar-refractivity contribution is 6.18. The lowest BCUT2D eigenvalue weighted by Crippen LogP contribution is -2.13. The van der Waals surface area contributed by atoms with Crippen LogP contribution in [0.25, 0.3) is 21.8 Å². The molecule has 4 aromatic rings. The van der Waals surface area contributed by atoms with Crippen LogP contribution in [0, 0.1) is 10.1 Å². The number of fused-ring (bicyclic) bond motifs is 3. The highest BCUT2D eigenvalue weighted by atomic mass is 16.7. The molecule has 1 heterocycles. The number of benzene rings is 3. The molecule has 0 atom stereocenters. The van der Waals surface area contributed by atoms with E-state index in [9.17, 15) is 14.9 Å². The number of oxime groups is 1. The second-order valence-electron chi connectivity index (χ2n) is 9.45. The average Bonchev–Trinajstić information content (AvgIpc) is 3.16. The number of non-ortho nitro benzene ring substituents is 1. The van der Waals surface area contributed by atoms with Gasteiger partial charge in [-0.15, -0.1) is 0 Å². The Bertz CT molecular complexity index is 1550. The predicted molar refractivity (Wildman–Crippen MR) is 147 cm³/mol. The highest BCUT2D eigenvalue weighted by Crippen LogP contribution is 2.34. The number of nitro groups is 1. The Morgan fingerprint density at radius 2 is 1.61 bits per heavy atom. The number of ether oxygens (including phenoxy) is 2. The number of carbonyl (C=O) groups is 1. The van der Waals surface area contributed by atoms with Crippen molar-refractivity contribution in [2.24, 2.45) is 5.16 Å². The van der Waals surface area contributed by atoms with Gasteiger partial charge in [0.1, 0.15) is 17.2 Å². The fraction of sp³-hybridized carbons (Fsp3) is 0.310. The normalized spacial score (nSPS) is 11.9. The van der Waals surface area contributed by atoms with Gasteiger partial charge < -0.3 is 18.9 Å². The lowest BCUT2D eigenvalue weighted by molar-refractivity contribution is -0.384. The number of carbonyl (C=O) groups excluding carboxylic acids is 1. The molecule has 4 rings (SSSR count). The largest absolute Gasteiger partial charge is 0.491 e. The molecule has 0 fully saturated rings. The predicted octanol–water partition coefficient (Wildman–Crippen LogP) is 6.61. The SMILES string of the molecule is CCn1c2ccc(C(=NOC(C)=O)c3ccc(OC(C)C)cc3OC(C)C)cc2c2cc([N+](=O)[O-])ccc21. The minimum atomic E-state index is -0.562. The zero-order chi connectivity index (χ0) is 27.6. The Kier molecular flexibility index (Phi) is 7.66. The smallest absolute Gasteiger partial charge is 0.332 e. The molecule has 1 aromatic heterocycles. The summed E-state index contributed by atoms with van der Waals surface area (Å²) in [5.74, 6) is 0.601. The van der Waals surface area contributed by atoms with Gasteiger partial charge in [0, 0.05) is 64.6 Å². The summed E-state index contributed by atoms with van der Waals surface area (Å²) in [6.45, 7) is 11.7. The molecule has 9 heteroatoms. The molecule has 198 valence electrons. The molecule has 0 amide bonds. The van der Waals surface area contributed by atoms with E-state index >= 15 is 0 Å². The molecular weight excluding hydrogens is 486 g/mol. The van der Waals surface area contributed by atoms with E-state index in [1.807, 2.05) is 65.0 Å². The van der Waals surface area contributed by atoms with Gasteiger partial charge in [-0.05, 0) is 65.0 Å². The summed E-state index contributed by atoms with van der Waals surface area (Å²) in [5, 5.41) is 17.3. The van der Waals surface area contributed by atoms with Crippen LogP contribution in [0.3, 0.4) is 0 Å². The van der Waals surface area contributed by atoms with Crippen molar-refractivity contribution in [3.05, 3.63) is 75.8 Å². The molecule has 0 radical (unpaired) electrons. The van der Waals surface area contributed by atoms with Crippen LogP contribution in [0.2, 0.25) is 0 Å². The molecule has 0 spiro atoms. The van der Waals surface area contributed by atoms with Crippen molar-refractivity contribution in [3.63, 3.8) is 0 Å². The molecule has 0 bridgehead atoms. The number of nitro benzene ring substituents is 1. The van der Waals surface area contributed by atoms with Crippen molar-refractivity contribution in [1.82, 2.24) is 4.57 Å². The van der Waals surface area contributed by atoms with Gasteiger partial charge in [0.25, 0.3) is 5.69 Å². The van der Waals surface area contributed by atoms with Gasteiger partial charge in [-0.3, -0.25) is 10.1 Å². The summed E-state index contributed by atoms with van der Waals surface area (Å²) >= 11 is 0. The Balaban J connectivity index is 1.96. The lowest BCUT2D eigenvalue weighted by atomic mass is 9.99. The zero-order valence-electron chi connectivity index (χ0n) is 22.3. The van der Waals surface area contributed by atoms with E-state index in [2.05, 4.69) is 9.72 Å². The molecular formula is C29H31N3O6. The Morgan fingerprint density at radius 3 is 2.21 bits per heavy atom. The number of rotatable bonds is 9. The van der Waals surface area contributed by atoms with Gasteiger partial charge in [0.15, 0.2) is 0 Å². The van der Waals surface area contributed by atoms with Crippen molar-refractivity contribution in [3.8, 4) is 11.5 Å². The molecule has 0 aliphatic carbocycles. The first-order chi connectivity index (χ1) is 18.1. The molecule has 0 N–H and O–H groups in total. The fourth-order valence-corrected chi connectivity index (χ4v) is 4.46. The minimum absolute atomic E-state index is 0.0141. The lowest BCUT2D eigenvalue weighted by Gasteiger charge is -2.18. The van der Waals surface area contributed by atoms with E-state index in [1.165, 1.54) is 13.0 Å². The Morgan fingerprint density at radius 1 is 0.947 bits per heavy atom. The summed E-state index contributed by atoms with van der Waals surface area (Å²) in [6, 6.07) is 16.0. The number of hydrogen-bond acceptors (Lipinski definition) is 7. The topological polar surface area (TPSA) is 105 Å². The highest BCUT2D eigenvalue weighted by Gasteiger charge is 2.20. The standard InChI is InChI=1S/C29H31N3O6/c1-7-31-26-12-8-20(14-24(26)25-15-21(32(34)35)9-13-27(25)31)29(30-38-19(6)33)23-11-10-22(36-17(2)3)16-28(23)37-18(4)5/h8-18H,7H2,1-6H3. The Labute approximate surface area is 220 Å². The third-order valence-corrected chi connectivity index (χ3v) is 5.86. The maximum Gasteiger partial charge on any atom is 0.332 e. The van der Waals surface area contributed by atoms with Crippen LogP contribution in [0.1, 0.15) is 52.7 Å². The van der Waals surface area contributed by atoms with Crippen molar-refractivity contribution >= 4 is 39.2 Å². The third-order valence-electron chi connectivity index (χ3n) is 5.86. The molecule has 0 saturated carbocycles. The van der Waals surface area contributed by atoms with Crippen LogP contribution < -0.4 is 9.47 Å². The first kappa shape index (κ1) is 26.7. The monoisotopic (exact) mass is 517 g/mol. The first-order valence-electron chi connectivity index (χ1n) is 12.5. The molecule has 0 saturated heterocycles. The van der Waals surface area contributed by atoms with Crippen LogP contribution in [0.5, 0.6) is 11.5 Å². The number of hydrogen-bond donors (Lipinski definition) is 0. The number of aryl methyl sites for hydroxylation is 1. The molecule has 3 aromatic carbocycles. The van der Waals surface area contributed by atoms with Gasteiger partial charge in [0.05, 0.1) is 17.1 Å². The molecule has 0 aliphatic rings. The van der Waals surface area contributed by atoms with E-state index in [0.29, 0.717) is 34.9 Å². The fourth-order valence-electron chi connectivity index (χ4n) is 4.46. The summed E-state index contributed by atoms with van der Waals surface area (Å²) in [6.07, 6.45) is -0.159. The first-order valence-corrected chi connectivity index (χ1v) is 12.5. The quantitative estimate of drug-likeness (QED) is 0.107. The van der Waals surface area contributed by atoms with Gasteiger partial charge in [-0.2, -0.15) is 0 Å². The van der Waals surface area contributed by atoms with Crippen LogP contribution in [0.15, 0.2) is 59.8 Å². The summed E-state index contributed by atoms with van der Waals surface area (Å²) in [7, 11) is 0. The number of nitrogens with zero attached hydrogens (tertiary/aromatic N) is 3. The van der Waals surface area contributed by atoms with Crippen LogP contribution in [-0.4, -0.2) is 33.4 Å². The van der Waals surface area contributed by atoms with Crippen molar-refractivity contribution in [1.29, 1.82) is 0 Å². The van der Waals surface area contributed by atoms with E-state index in [-0.39, 0.29) is 17.9 Å². The van der Waals surface area contributed by atoms with Crippen LogP contribution >= 0.6 is 0 Å².